The summed E-state index contributed by atoms with van der Waals surface area (Å²) in [5.74, 6) is -1.94. The fraction of sp³-hybridized carbons (Fsp3) is 0.0714. The number of hydrogen-bond donors (Lipinski definition) is 3. The van der Waals surface area contributed by atoms with Crippen LogP contribution in [0, 0.1) is 0 Å². The number of aromatic carboxylic acids is 1. The molecule has 0 spiro atoms. The number of aromatic nitrogens is 1. The number of anilines is 1. The molecule has 1 aromatic heterocycles. The van der Waals surface area contributed by atoms with Crippen molar-refractivity contribution >= 4 is 17.6 Å². The summed E-state index contributed by atoms with van der Waals surface area (Å²) in [5.41, 5.74) is -0.0349. The standard InChI is InChI=1S/C14H12N2O5/c1-21-11-6-5-8(7-15-11)13(18)16-10-4-2-3-9(12(10)17)14(19)20/h2-7,17H,1H3,(H,16,18)(H,19,20). The van der Waals surface area contributed by atoms with Crippen molar-refractivity contribution < 1.29 is 24.5 Å². The maximum Gasteiger partial charge on any atom is 0.339 e. The summed E-state index contributed by atoms with van der Waals surface area (Å²) < 4.78 is 4.88. The first kappa shape index (κ1) is 14.3. The molecular formula is C14H12N2O5. The molecule has 0 unspecified atom stereocenters. The minimum atomic E-state index is -1.28. The zero-order valence-corrected chi connectivity index (χ0v) is 11.0. The minimum absolute atomic E-state index is 0.00992. The number of para-hydroxylation sites is 1. The van der Waals surface area contributed by atoms with Crippen LogP contribution in [-0.4, -0.2) is 34.2 Å². The summed E-state index contributed by atoms with van der Waals surface area (Å²) in [5, 5.41) is 21.1. The second kappa shape index (κ2) is 5.91. The maximum atomic E-state index is 12.0. The van der Waals surface area contributed by atoms with E-state index in [4.69, 9.17) is 9.84 Å². The molecule has 0 aliphatic heterocycles. The third kappa shape index (κ3) is 3.08. The number of rotatable bonds is 4. The highest BCUT2D eigenvalue weighted by atomic mass is 16.5. The first-order valence-corrected chi connectivity index (χ1v) is 5.89. The number of benzene rings is 1. The van der Waals surface area contributed by atoms with Crippen LogP contribution in [0.1, 0.15) is 20.7 Å². The van der Waals surface area contributed by atoms with Crippen LogP contribution in [0.4, 0.5) is 5.69 Å². The molecule has 7 heteroatoms. The molecule has 2 aromatic rings. The summed E-state index contributed by atoms with van der Waals surface area (Å²) in [6, 6.07) is 7.08. The van der Waals surface area contributed by atoms with Gasteiger partial charge >= 0.3 is 5.97 Å². The first-order chi connectivity index (χ1) is 10.0. The maximum absolute atomic E-state index is 12.0. The van der Waals surface area contributed by atoms with Gasteiger partial charge in [0.1, 0.15) is 5.56 Å². The Morgan fingerprint density at radius 2 is 2.00 bits per heavy atom. The van der Waals surface area contributed by atoms with Gasteiger partial charge in [0.2, 0.25) is 5.88 Å². The van der Waals surface area contributed by atoms with Crippen LogP contribution < -0.4 is 10.1 Å². The van der Waals surface area contributed by atoms with E-state index >= 15 is 0 Å². The van der Waals surface area contributed by atoms with Gasteiger partial charge in [0.25, 0.3) is 5.91 Å². The third-order valence-corrected chi connectivity index (χ3v) is 2.72. The van der Waals surface area contributed by atoms with E-state index in [9.17, 15) is 14.7 Å². The van der Waals surface area contributed by atoms with Crippen molar-refractivity contribution in [1.29, 1.82) is 0 Å². The van der Waals surface area contributed by atoms with Gasteiger partial charge in [0.15, 0.2) is 5.75 Å². The number of aromatic hydroxyl groups is 1. The lowest BCUT2D eigenvalue weighted by Gasteiger charge is -2.09. The second-order valence-corrected chi connectivity index (χ2v) is 4.05. The van der Waals surface area contributed by atoms with Gasteiger partial charge in [-0.2, -0.15) is 0 Å². The fourth-order valence-electron chi connectivity index (χ4n) is 1.65. The average Bonchev–Trinajstić information content (AvgIpc) is 2.49. The van der Waals surface area contributed by atoms with E-state index in [0.29, 0.717) is 5.88 Å². The molecule has 0 bridgehead atoms. The van der Waals surface area contributed by atoms with E-state index in [-0.39, 0.29) is 16.8 Å². The lowest BCUT2D eigenvalue weighted by molar-refractivity contribution is 0.0693. The van der Waals surface area contributed by atoms with E-state index < -0.39 is 17.6 Å². The van der Waals surface area contributed by atoms with Gasteiger partial charge in [0, 0.05) is 12.3 Å². The van der Waals surface area contributed by atoms with Crippen LogP contribution in [-0.2, 0) is 0 Å². The molecule has 0 aliphatic carbocycles. The molecule has 21 heavy (non-hydrogen) atoms. The molecular weight excluding hydrogens is 276 g/mol. The Labute approximate surface area is 119 Å². The number of hydrogen-bond acceptors (Lipinski definition) is 5. The van der Waals surface area contributed by atoms with E-state index in [0.717, 1.165) is 0 Å². The number of pyridine rings is 1. The summed E-state index contributed by atoms with van der Waals surface area (Å²) in [4.78, 5) is 26.8. The fourth-order valence-corrected chi connectivity index (χ4v) is 1.65. The highest BCUT2D eigenvalue weighted by molar-refractivity contribution is 6.06. The van der Waals surface area contributed by atoms with Gasteiger partial charge in [-0.3, -0.25) is 4.79 Å². The van der Waals surface area contributed by atoms with Gasteiger partial charge in [-0.25, -0.2) is 9.78 Å². The number of carboxylic acids is 1. The highest BCUT2D eigenvalue weighted by Crippen LogP contribution is 2.27. The smallest absolute Gasteiger partial charge is 0.339 e. The Bertz CT molecular complexity index is 682. The molecule has 0 saturated heterocycles. The van der Waals surface area contributed by atoms with Gasteiger partial charge in [-0.05, 0) is 18.2 Å². The molecule has 2 rings (SSSR count). The van der Waals surface area contributed by atoms with Crippen molar-refractivity contribution in [2.45, 2.75) is 0 Å². The Morgan fingerprint density at radius 1 is 1.24 bits per heavy atom. The summed E-state index contributed by atoms with van der Waals surface area (Å²) >= 11 is 0. The van der Waals surface area contributed by atoms with Gasteiger partial charge in [-0.1, -0.05) is 6.07 Å². The zero-order valence-electron chi connectivity index (χ0n) is 11.0. The molecule has 0 radical (unpaired) electrons. The molecule has 0 fully saturated rings. The van der Waals surface area contributed by atoms with Gasteiger partial charge < -0.3 is 20.3 Å². The first-order valence-electron chi connectivity index (χ1n) is 5.89. The molecule has 1 amide bonds. The number of carboxylic acid groups (broad SMARTS) is 1. The molecule has 3 N–H and O–H groups in total. The van der Waals surface area contributed by atoms with Crippen molar-refractivity contribution in [3.05, 3.63) is 47.7 Å². The lowest BCUT2D eigenvalue weighted by Crippen LogP contribution is -2.13. The van der Waals surface area contributed by atoms with E-state index in [2.05, 4.69) is 10.3 Å². The molecule has 7 nitrogen and oxygen atoms in total. The van der Waals surface area contributed by atoms with Crippen LogP contribution in [0.3, 0.4) is 0 Å². The topological polar surface area (TPSA) is 109 Å². The molecule has 1 heterocycles. The average molecular weight is 288 g/mol. The molecule has 108 valence electrons. The predicted molar refractivity (Wildman–Crippen MR) is 73.8 cm³/mol. The SMILES string of the molecule is COc1ccc(C(=O)Nc2cccc(C(=O)O)c2O)cn1. The minimum Gasteiger partial charge on any atom is -0.505 e. The van der Waals surface area contributed by atoms with Crippen molar-refractivity contribution in [3.63, 3.8) is 0 Å². The summed E-state index contributed by atoms with van der Waals surface area (Å²) in [6.07, 6.45) is 1.31. The van der Waals surface area contributed by atoms with Crippen LogP contribution in [0.25, 0.3) is 0 Å². The number of carbonyl (C=O) groups excluding carboxylic acids is 1. The molecule has 0 aliphatic rings. The summed E-state index contributed by atoms with van der Waals surface area (Å²) in [6.45, 7) is 0. The molecule has 0 atom stereocenters. The summed E-state index contributed by atoms with van der Waals surface area (Å²) in [7, 11) is 1.46. The second-order valence-electron chi connectivity index (χ2n) is 4.05. The molecule has 1 aromatic carbocycles. The number of nitrogens with one attached hydrogen (secondary N) is 1. The number of methoxy groups -OCH3 is 1. The van der Waals surface area contributed by atoms with Crippen LogP contribution in [0.5, 0.6) is 11.6 Å². The monoisotopic (exact) mass is 288 g/mol. The third-order valence-electron chi connectivity index (χ3n) is 2.72. The Kier molecular flexibility index (Phi) is 4.03. The van der Waals surface area contributed by atoms with Crippen LogP contribution >= 0.6 is 0 Å². The Hall–Kier alpha value is -3.09. The van der Waals surface area contributed by atoms with Crippen molar-refractivity contribution in [2.75, 3.05) is 12.4 Å². The highest BCUT2D eigenvalue weighted by Gasteiger charge is 2.15. The van der Waals surface area contributed by atoms with Crippen molar-refractivity contribution in [3.8, 4) is 11.6 Å². The zero-order chi connectivity index (χ0) is 15.4. The van der Waals surface area contributed by atoms with E-state index in [1.54, 1.807) is 0 Å². The normalized spacial score (nSPS) is 9.95. The Balaban J connectivity index is 2.23. The predicted octanol–water partition coefficient (Wildman–Crippen LogP) is 1.75. The van der Waals surface area contributed by atoms with Gasteiger partial charge in [-0.15, -0.1) is 0 Å². The number of ether oxygens (including phenoxy) is 1. The largest absolute Gasteiger partial charge is 0.505 e. The van der Waals surface area contributed by atoms with Crippen molar-refractivity contribution in [2.24, 2.45) is 0 Å². The quantitative estimate of drug-likeness (QED) is 0.739. The van der Waals surface area contributed by atoms with E-state index in [1.807, 2.05) is 0 Å². The Morgan fingerprint density at radius 3 is 2.57 bits per heavy atom. The number of amides is 1. The number of nitrogens with zero attached hydrogens (tertiary/aromatic N) is 1. The van der Waals surface area contributed by atoms with E-state index in [1.165, 1.54) is 43.6 Å². The van der Waals surface area contributed by atoms with Crippen LogP contribution in [0.2, 0.25) is 0 Å². The lowest BCUT2D eigenvalue weighted by atomic mass is 10.1. The number of phenols is 1. The molecule has 0 saturated carbocycles. The number of carbonyl (C=O) groups is 2. The van der Waals surface area contributed by atoms with Crippen molar-refractivity contribution in [1.82, 2.24) is 4.98 Å². The van der Waals surface area contributed by atoms with Crippen LogP contribution in [0.15, 0.2) is 36.5 Å². The van der Waals surface area contributed by atoms with Gasteiger partial charge in [0.05, 0.1) is 18.4 Å².